The van der Waals surface area contributed by atoms with Crippen LogP contribution in [-0.4, -0.2) is 45.4 Å². The molecule has 2 aromatic heterocycles. The molecule has 0 radical (unpaired) electrons. The summed E-state index contributed by atoms with van der Waals surface area (Å²) >= 11 is 0. The molecule has 0 atom stereocenters. The summed E-state index contributed by atoms with van der Waals surface area (Å²) in [6.07, 6.45) is 9.99. The zero-order valence-electron chi connectivity index (χ0n) is 20.9. The van der Waals surface area contributed by atoms with Gasteiger partial charge in [0.1, 0.15) is 12.4 Å². The lowest BCUT2D eigenvalue weighted by Crippen LogP contribution is -2.35. The molecule has 7 nitrogen and oxygen atoms in total. The highest BCUT2D eigenvalue weighted by Crippen LogP contribution is 2.46. The van der Waals surface area contributed by atoms with Crippen LogP contribution in [0.25, 0.3) is 16.8 Å². The predicted octanol–water partition coefficient (Wildman–Crippen LogP) is 5.30. The van der Waals surface area contributed by atoms with Gasteiger partial charge < -0.3 is 15.4 Å². The lowest BCUT2D eigenvalue weighted by atomic mass is 9.80. The molecule has 0 spiro atoms. The van der Waals surface area contributed by atoms with Gasteiger partial charge in [-0.1, -0.05) is 36.4 Å². The van der Waals surface area contributed by atoms with E-state index in [2.05, 4.69) is 15.9 Å². The van der Waals surface area contributed by atoms with E-state index in [1.807, 2.05) is 36.4 Å². The molecule has 2 fully saturated rings. The molecular formula is C29H32FN5O2. The van der Waals surface area contributed by atoms with E-state index in [0.29, 0.717) is 37.4 Å². The molecule has 2 saturated carbocycles. The van der Waals surface area contributed by atoms with Gasteiger partial charge in [0.2, 0.25) is 0 Å². The Morgan fingerprint density at radius 1 is 1.16 bits per heavy atom. The van der Waals surface area contributed by atoms with E-state index in [4.69, 9.17) is 15.6 Å². The second-order valence-corrected chi connectivity index (χ2v) is 10.4. The smallest absolute Gasteiger partial charge is 0.410 e. The van der Waals surface area contributed by atoms with Gasteiger partial charge in [0.25, 0.3) is 0 Å². The summed E-state index contributed by atoms with van der Waals surface area (Å²) in [4.78, 5) is 18.9. The summed E-state index contributed by atoms with van der Waals surface area (Å²) < 4.78 is 22.0. The quantitative estimate of drug-likeness (QED) is 0.475. The number of amides is 1. The van der Waals surface area contributed by atoms with Gasteiger partial charge in [0, 0.05) is 36.3 Å². The Kier molecular flexibility index (Phi) is 6.50. The van der Waals surface area contributed by atoms with Gasteiger partial charge in [-0.05, 0) is 61.8 Å². The summed E-state index contributed by atoms with van der Waals surface area (Å²) in [7, 11) is 0. The Hall–Kier alpha value is -3.52. The van der Waals surface area contributed by atoms with Crippen molar-refractivity contribution in [3.63, 3.8) is 0 Å². The topological polar surface area (TPSA) is 86.3 Å². The number of carbonyl (C=O) groups excluding carboxylic acids is 1. The van der Waals surface area contributed by atoms with Crippen LogP contribution in [0, 0.1) is 11.7 Å². The molecular weight excluding hydrogens is 469 g/mol. The van der Waals surface area contributed by atoms with Crippen molar-refractivity contribution in [2.24, 2.45) is 11.7 Å². The fourth-order valence-electron chi connectivity index (χ4n) is 5.33. The zero-order valence-corrected chi connectivity index (χ0v) is 20.9. The second kappa shape index (κ2) is 10.1. The summed E-state index contributed by atoms with van der Waals surface area (Å²) in [5.74, 6) is 0.641. The highest BCUT2D eigenvalue weighted by atomic mass is 19.1. The monoisotopic (exact) mass is 501 g/mol. The molecule has 1 aliphatic heterocycles. The van der Waals surface area contributed by atoms with Gasteiger partial charge >= 0.3 is 6.09 Å². The number of nitrogens with two attached hydrogens (primary N) is 1. The van der Waals surface area contributed by atoms with Crippen LogP contribution in [-0.2, 0) is 11.3 Å². The van der Waals surface area contributed by atoms with Crippen LogP contribution in [0.3, 0.4) is 0 Å². The van der Waals surface area contributed by atoms with E-state index >= 15 is 0 Å². The third kappa shape index (κ3) is 5.03. The lowest BCUT2D eigenvalue weighted by molar-refractivity contribution is 0.0998. The average molecular weight is 502 g/mol. The standard InChI is InChI=1S/C29H32FN5O2/c30-23-14-25(21-8-10-34(11-9-21)29(36)37-18-19-4-2-1-3-5-19)28(32-16-23)26-17-35(24-12-20(13-24)15-31)33-27(26)22-6-7-22/h1-5,8,14,16-17,20,22,24H,6-7,9-13,15,18,31H2. The van der Waals surface area contributed by atoms with Crippen LogP contribution in [0.5, 0.6) is 0 Å². The first kappa shape index (κ1) is 23.9. The van der Waals surface area contributed by atoms with Gasteiger partial charge in [-0.25, -0.2) is 9.18 Å². The molecule has 3 aromatic rings. The van der Waals surface area contributed by atoms with Crippen molar-refractivity contribution in [3.05, 3.63) is 77.5 Å². The van der Waals surface area contributed by atoms with Crippen LogP contribution in [0.15, 0.2) is 54.9 Å². The minimum absolute atomic E-state index is 0.242. The highest BCUT2D eigenvalue weighted by Gasteiger charge is 2.35. The summed E-state index contributed by atoms with van der Waals surface area (Å²) in [5.41, 5.74) is 11.4. The van der Waals surface area contributed by atoms with Crippen LogP contribution in [0.2, 0.25) is 0 Å². The average Bonchev–Trinajstić information content (AvgIpc) is 3.66. The van der Waals surface area contributed by atoms with Crippen LogP contribution >= 0.6 is 0 Å². The SMILES string of the molecule is NCC1CC(n2cc(-c3ncc(F)cc3C3=CCN(C(=O)OCc4ccccc4)CC3)c(C3CC3)n2)C1. The Labute approximate surface area is 216 Å². The maximum absolute atomic E-state index is 14.4. The van der Waals surface area contributed by atoms with E-state index in [9.17, 15) is 9.18 Å². The Bertz CT molecular complexity index is 1310. The number of carbonyl (C=O) groups is 1. The fraction of sp³-hybridized carbons (Fsp3) is 0.414. The van der Waals surface area contributed by atoms with Gasteiger partial charge in [0.05, 0.1) is 23.6 Å². The normalized spacial score (nSPS) is 21.4. The Morgan fingerprint density at radius 3 is 2.68 bits per heavy atom. The minimum Gasteiger partial charge on any atom is -0.445 e. The molecule has 192 valence electrons. The Balaban J connectivity index is 1.22. The van der Waals surface area contributed by atoms with Crippen molar-refractivity contribution in [3.8, 4) is 11.3 Å². The van der Waals surface area contributed by atoms with Crippen molar-refractivity contribution in [1.29, 1.82) is 0 Å². The minimum atomic E-state index is -0.366. The van der Waals surface area contributed by atoms with E-state index in [-0.39, 0.29) is 18.5 Å². The van der Waals surface area contributed by atoms with Crippen molar-refractivity contribution in [2.45, 2.75) is 50.7 Å². The van der Waals surface area contributed by atoms with E-state index in [1.165, 1.54) is 6.20 Å². The number of hydrogen-bond donors (Lipinski definition) is 1. The van der Waals surface area contributed by atoms with Gasteiger partial charge in [0.15, 0.2) is 0 Å². The van der Waals surface area contributed by atoms with Crippen LogP contribution in [0.1, 0.15) is 60.9 Å². The number of hydrogen-bond acceptors (Lipinski definition) is 5. The number of pyridine rings is 1. The number of aromatic nitrogens is 3. The van der Waals surface area contributed by atoms with Crippen molar-refractivity contribution >= 4 is 11.7 Å². The molecule has 3 aliphatic rings. The zero-order chi connectivity index (χ0) is 25.4. The molecule has 0 bridgehead atoms. The molecule has 3 heterocycles. The van der Waals surface area contributed by atoms with Crippen molar-refractivity contribution < 1.29 is 13.9 Å². The molecule has 1 aromatic carbocycles. The molecule has 2 N–H and O–H groups in total. The molecule has 1 amide bonds. The number of benzene rings is 1. The van der Waals surface area contributed by atoms with Crippen LogP contribution < -0.4 is 5.73 Å². The van der Waals surface area contributed by atoms with Crippen molar-refractivity contribution in [1.82, 2.24) is 19.7 Å². The first-order chi connectivity index (χ1) is 18.1. The lowest BCUT2D eigenvalue weighted by Gasteiger charge is -2.34. The third-order valence-corrected chi connectivity index (χ3v) is 7.77. The maximum atomic E-state index is 14.4. The summed E-state index contributed by atoms with van der Waals surface area (Å²) in [5, 5.41) is 4.98. The van der Waals surface area contributed by atoms with E-state index < -0.39 is 0 Å². The van der Waals surface area contributed by atoms with E-state index in [0.717, 1.165) is 65.9 Å². The molecule has 37 heavy (non-hydrogen) atoms. The molecule has 0 saturated heterocycles. The number of rotatable bonds is 7. The number of nitrogens with zero attached hydrogens (tertiary/aromatic N) is 4. The van der Waals surface area contributed by atoms with Crippen LogP contribution in [0.4, 0.5) is 9.18 Å². The van der Waals surface area contributed by atoms with Gasteiger partial charge in [-0.2, -0.15) is 5.10 Å². The molecule has 8 heteroatoms. The third-order valence-electron chi connectivity index (χ3n) is 7.77. The molecule has 0 unspecified atom stereocenters. The van der Waals surface area contributed by atoms with E-state index in [1.54, 1.807) is 11.0 Å². The van der Waals surface area contributed by atoms with Gasteiger partial charge in [-0.15, -0.1) is 0 Å². The summed E-state index contributed by atoms with van der Waals surface area (Å²) in [6.45, 7) is 1.88. The summed E-state index contributed by atoms with van der Waals surface area (Å²) in [6, 6.07) is 11.6. The first-order valence-electron chi connectivity index (χ1n) is 13.2. The predicted molar refractivity (Wildman–Crippen MR) is 139 cm³/mol. The highest BCUT2D eigenvalue weighted by molar-refractivity contribution is 5.81. The second-order valence-electron chi connectivity index (χ2n) is 10.4. The molecule has 6 rings (SSSR count). The maximum Gasteiger partial charge on any atom is 0.410 e. The Morgan fingerprint density at radius 2 is 1.97 bits per heavy atom. The fourth-order valence-corrected chi connectivity index (χ4v) is 5.33. The first-order valence-corrected chi connectivity index (χ1v) is 13.2. The van der Waals surface area contributed by atoms with Crippen molar-refractivity contribution in [2.75, 3.05) is 19.6 Å². The van der Waals surface area contributed by atoms with Gasteiger partial charge in [-0.3, -0.25) is 9.67 Å². The molecule has 2 aliphatic carbocycles. The largest absolute Gasteiger partial charge is 0.445 e. The number of halogens is 1. The number of ether oxygens (including phenoxy) is 1.